The summed E-state index contributed by atoms with van der Waals surface area (Å²) in [7, 11) is 0. The molecule has 0 aliphatic carbocycles. The van der Waals surface area contributed by atoms with Crippen LogP contribution in [0.3, 0.4) is 0 Å². The monoisotopic (exact) mass is 348 g/mol. The second-order valence-electron chi connectivity index (χ2n) is 6.30. The number of para-hydroxylation sites is 1. The van der Waals surface area contributed by atoms with E-state index >= 15 is 0 Å². The van der Waals surface area contributed by atoms with Gasteiger partial charge in [0.15, 0.2) is 17.3 Å². The lowest BCUT2D eigenvalue weighted by atomic mass is 10.0. The molecule has 0 spiro atoms. The van der Waals surface area contributed by atoms with Crippen molar-refractivity contribution in [1.29, 1.82) is 0 Å². The number of carbonyl (C=O) groups is 1. The van der Waals surface area contributed by atoms with Gasteiger partial charge in [-0.1, -0.05) is 24.2 Å². The molecule has 0 bridgehead atoms. The molecule has 3 atom stereocenters. The molecule has 7 heteroatoms. The summed E-state index contributed by atoms with van der Waals surface area (Å²) in [6.45, 7) is 4.26. The zero-order chi connectivity index (χ0) is 17.8. The molecule has 1 amide bonds. The molecule has 1 N–H and O–H groups in total. The maximum absolute atomic E-state index is 13.5. The number of carbonyl (C=O) groups excluding carboxylic acids is 1. The molecule has 6 nitrogen and oxygen atoms in total. The smallest absolute Gasteiger partial charge is 0.249 e. The largest absolute Gasteiger partial charge is 0.482 e. The lowest BCUT2D eigenvalue weighted by Crippen LogP contribution is -2.37. The average molecular weight is 348 g/mol. The standard InChI is InChI=1S/C18H21FN2O4/c1-11-7-12(2)24-17(11)18(22)20-9-13-8-14(25-21-13)10-23-16-6-4-3-5-15(16)19/h3-6,8,11-12,17H,7,9-10H2,1-2H3,(H,20,22)/t11-,12+,17-/m0/s1. The minimum absolute atomic E-state index is 0.0577. The van der Waals surface area contributed by atoms with E-state index in [1.165, 1.54) is 12.1 Å². The van der Waals surface area contributed by atoms with Gasteiger partial charge in [-0.05, 0) is 31.4 Å². The third kappa shape index (κ3) is 4.36. The van der Waals surface area contributed by atoms with Crippen molar-refractivity contribution < 1.29 is 23.2 Å². The molecule has 25 heavy (non-hydrogen) atoms. The van der Waals surface area contributed by atoms with E-state index < -0.39 is 11.9 Å². The summed E-state index contributed by atoms with van der Waals surface area (Å²) in [5, 5.41) is 6.68. The number of aromatic nitrogens is 1. The first-order valence-electron chi connectivity index (χ1n) is 8.28. The highest BCUT2D eigenvalue weighted by Crippen LogP contribution is 2.25. The van der Waals surface area contributed by atoms with Crippen molar-refractivity contribution in [3.8, 4) is 5.75 Å². The summed E-state index contributed by atoms with van der Waals surface area (Å²) in [5.74, 6) is 0.206. The molecule has 1 fully saturated rings. The molecule has 0 radical (unpaired) electrons. The summed E-state index contributed by atoms with van der Waals surface area (Å²) in [6.07, 6.45) is 0.547. The third-order valence-corrected chi connectivity index (χ3v) is 4.12. The first-order chi connectivity index (χ1) is 12.0. The number of amides is 1. The second kappa shape index (κ2) is 7.65. The Labute approximate surface area is 145 Å². The molecule has 1 saturated heterocycles. The Morgan fingerprint density at radius 1 is 1.40 bits per heavy atom. The van der Waals surface area contributed by atoms with Crippen molar-refractivity contribution >= 4 is 5.91 Å². The zero-order valence-electron chi connectivity index (χ0n) is 14.2. The van der Waals surface area contributed by atoms with Crippen molar-refractivity contribution in [2.24, 2.45) is 5.92 Å². The molecule has 1 aliphatic heterocycles. The van der Waals surface area contributed by atoms with Crippen LogP contribution in [0.1, 0.15) is 31.7 Å². The van der Waals surface area contributed by atoms with Crippen molar-refractivity contribution in [1.82, 2.24) is 10.5 Å². The van der Waals surface area contributed by atoms with Gasteiger partial charge in [-0.2, -0.15) is 0 Å². The molecule has 0 unspecified atom stereocenters. The molecular weight excluding hydrogens is 327 g/mol. The fourth-order valence-electron chi connectivity index (χ4n) is 2.90. The minimum atomic E-state index is -0.436. The maximum atomic E-state index is 13.5. The number of benzene rings is 1. The van der Waals surface area contributed by atoms with Crippen LogP contribution in [0.15, 0.2) is 34.9 Å². The number of hydrogen-bond donors (Lipinski definition) is 1. The molecule has 0 saturated carbocycles. The molecule has 1 aliphatic rings. The molecule has 2 aromatic rings. The minimum Gasteiger partial charge on any atom is -0.482 e. The van der Waals surface area contributed by atoms with Crippen LogP contribution in [-0.4, -0.2) is 23.3 Å². The van der Waals surface area contributed by atoms with Crippen LogP contribution in [0.2, 0.25) is 0 Å². The van der Waals surface area contributed by atoms with E-state index in [0.29, 0.717) is 11.5 Å². The van der Waals surface area contributed by atoms with E-state index in [2.05, 4.69) is 10.5 Å². The number of rotatable bonds is 6. The Hall–Kier alpha value is -2.41. The fraction of sp³-hybridized carbons (Fsp3) is 0.444. The SMILES string of the molecule is C[C@@H]1C[C@H](C)[C@@H](C(=O)NCc2cc(COc3ccccc3F)on2)O1. The zero-order valence-corrected chi connectivity index (χ0v) is 14.2. The summed E-state index contributed by atoms with van der Waals surface area (Å²) in [5.41, 5.74) is 0.569. The van der Waals surface area contributed by atoms with Gasteiger partial charge in [-0.15, -0.1) is 0 Å². The molecule has 1 aromatic carbocycles. The van der Waals surface area contributed by atoms with Gasteiger partial charge >= 0.3 is 0 Å². The highest BCUT2D eigenvalue weighted by Gasteiger charge is 2.34. The quantitative estimate of drug-likeness (QED) is 0.869. The van der Waals surface area contributed by atoms with Gasteiger partial charge in [-0.3, -0.25) is 4.79 Å². The Kier molecular flexibility index (Phi) is 5.33. The van der Waals surface area contributed by atoms with Crippen LogP contribution in [0, 0.1) is 11.7 Å². The van der Waals surface area contributed by atoms with Gasteiger partial charge in [0.2, 0.25) is 5.91 Å². The maximum Gasteiger partial charge on any atom is 0.249 e. The van der Waals surface area contributed by atoms with E-state index in [1.807, 2.05) is 13.8 Å². The Morgan fingerprint density at radius 3 is 2.92 bits per heavy atom. The van der Waals surface area contributed by atoms with Crippen molar-refractivity contribution in [3.63, 3.8) is 0 Å². The number of halogens is 1. The summed E-state index contributed by atoms with van der Waals surface area (Å²) < 4.78 is 29.6. The predicted octanol–water partition coefficient (Wildman–Crippen LogP) is 2.82. The number of hydrogen-bond acceptors (Lipinski definition) is 5. The number of nitrogens with zero attached hydrogens (tertiary/aromatic N) is 1. The second-order valence-corrected chi connectivity index (χ2v) is 6.30. The summed E-state index contributed by atoms with van der Waals surface area (Å²) in [4.78, 5) is 12.2. The first kappa shape index (κ1) is 17.4. The topological polar surface area (TPSA) is 73.6 Å². The third-order valence-electron chi connectivity index (χ3n) is 4.12. The number of ether oxygens (including phenoxy) is 2. The summed E-state index contributed by atoms with van der Waals surface area (Å²) >= 11 is 0. The van der Waals surface area contributed by atoms with Crippen LogP contribution < -0.4 is 10.1 Å². The van der Waals surface area contributed by atoms with Crippen LogP contribution in [0.25, 0.3) is 0 Å². The van der Waals surface area contributed by atoms with E-state index in [-0.39, 0.29) is 36.8 Å². The van der Waals surface area contributed by atoms with Crippen LogP contribution in [-0.2, 0) is 22.7 Å². The van der Waals surface area contributed by atoms with Gasteiger partial charge in [0, 0.05) is 6.07 Å². The molecule has 3 rings (SSSR count). The first-order valence-corrected chi connectivity index (χ1v) is 8.28. The van der Waals surface area contributed by atoms with Gasteiger partial charge < -0.3 is 19.3 Å². The normalized spacial score (nSPS) is 22.8. The lowest BCUT2D eigenvalue weighted by molar-refractivity contribution is -0.133. The van der Waals surface area contributed by atoms with Crippen molar-refractivity contribution in [2.45, 2.75) is 45.6 Å². The van der Waals surface area contributed by atoms with E-state index in [4.69, 9.17) is 14.0 Å². The van der Waals surface area contributed by atoms with Gasteiger partial charge in [-0.25, -0.2) is 4.39 Å². The van der Waals surface area contributed by atoms with Crippen molar-refractivity contribution in [2.75, 3.05) is 0 Å². The molecular formula is C18H21FN2O4. The van der Waals surface area contributed by atoms with Gasteiger partial charge in [0.05, 0.1) is 12.6 Å². The lowest BCUT2D eigenvalue weighted by Gasteiger charge is -2.14. The van der Waals surface area contributed by atoms with E-state index in [1.54, 1.807) is 18.2 Å². The molecule has 2 heterocycles. The number of nitrogens with one attached hydrogen (secondary N) is 1. The van der Waals surface area contributed by atoms with E-state index in [0.717, 1.165) is 6.42 Å². The average Bonchev–Trinajstić information content (AvgIpc) is 3.18. The Bertz CT molecular complexity index is 733. The molecule has 1 aromatic heterocycles. The Balaban J connectivity index is 1.49. The van der Waals surface area contributed by atoms with Crippen LogP contribution >= 0.6 is 0 Å². The van der Waals surface area contributed by atoms with Crippen LogP contribution in [0.4, 0.5) is 4.39 Å². The van der Waals surface area contributed by atoms with Gasteiger partial charge in [0.25, 0.3) is 0 Å². The van der Waals surface area contributed by atoms with Crippen molar-refractivity contribution in [3.05, 3.63) is 47.6 Å². The molecule has 134 valence electrons. The highest BCUT2D eigenvalue weighted by molar-refractivity contribution is 5.81. The van der Waals surface area contributed by atoms with E-state index in [9.17, 15) is 9.18 Å². The predicted molar refractivity (Wildman–Crippen MR) is 87.2 cm³/mol. The van der Waals surface area contributed by atoms with Crippen LogP contribution in [0.5, 0.6) is 5.75 Å². The fourth-order valence-corrected chi connectivity index (χ4v) is 2.90. The summed E-state index contributed by atoms with van der Waals surface area (Å²) in [6, 6.07) is 7.81. The highest BCUT2D eigenvalue weighted by atomic mass is 19.1. The van der Waals surface area contributed by atoms with Gasteiger partial charge in [0.1, 0.15) is 18.4 Å². The Morgan fingerprint density at radius 2 is 2.20 bits per heavy atom.